The molecule has 1 saturated heterocycles. The van der Waals surface area contributed by atoms with E-state index in [0.29, 0.717) is 6.42 Å². The highest BCUT2D eigenvalue weighted by Gasteiger charge is 2.28. The van der Waals surface area contributed by atoms with E-state index in [4.69, 9.17) is 0 Å². The van der Waals surface area contributed by atoms with Crippen molar-refractivity contribution in [1.82, 2.24) is 4.90 Å². The molecule has 0 spiro atoms. The molecule has 5 heteroatoms. The molecule has 1 aliphatic heterocycles. The van der Waals surface area contributed by atoms with Crippen LogP contribution in [0.5, 0.6) is 0 Å². The summed E-state index contributed by atoms with van der Waals surface area (Å²) in [5.41, 5.74) is 3.70. The first-order valence-electron chi connectivity index (χ1n) is 10.9. The van der Waals surface area contributed by atoms with Crippen LogP contribution in [0.15, 0.2) is 77.5 Å². The molecule has 2 aromatic carbocycles. The van der Waals surface area contributed by atoms with Crippen molar-refractivity contribution in [1.29, 1.82) is 0 Å². The summed E-state index contributed by atoms with van der Waals surface area (Å²) in [6.07, 6.45) is 4.55. The first-order valence-corrected chi connectivity index (χ1v) is 11.9. The number of benzene rings is 2. The fourth-order valence-electron chi connectivity index (χ4n) is 4.29. The molecule has 1 amide bonds. The number of rotatable bonds is 8. The highest BCUT2D eigenvalue weighted by molar-refractivity contribution is 7.07. The molecular weight excluding hydrogens is 424 g/mol. The summed E-state index contributed by atoms with van der Waals surface area (Å²) in [5, 5.41) is 4.23. The van der Waals surface area contributed by atoms with Crippen molar-refractivity contribution in [3.05, 3.63) is 88.6 Å². The Morgan fingerprint density at radius 2 is 1.58 bits per heavy atom. The Labute approximate surface area is 196 Å². The third-order valence-corrected chi connectivity index (χ3v) is 6.72. The van der Waals surface area contributed by atoms with Gasteiger partial charge in [-0.3, -0.25) is 4.79 Å². The molecule has 0 unspecified atom stereocenters. The Balaban J connectivity index is 0.00000272. The summed E-state index contributed by atoms with van der Waals surface area (Å²) in [5.74, 6) is 0.245. The van der Waals surface area contributed by atoms with Crippen molar-refractivity contribution in [2.45, 2.75) is 38.1 Å². The van der Waals surface area contributed by atoms with Gasteiger partial charge in [-0.05, 0) is 65.8 Å². The second kappa shape index (κ2) is 12.0. The van der Waals surface area contributed by atoms with Crippen LogP contribution in [0.25, 0.3) is 0 Å². The van der Waals surface area contributed by atoms with Crippen LogP contribution < -0.4 is 4.90 Å². The molecule has 0 saturated carbocycles. The maximum Gasteiger partial charge on any atom is 0.227 e. The largest absolute Gasteiger partial charge is 0.309 e. The predicted octanol–water partition coefficient (Wildman–Crippen LogP) is 5.84. The van der Waals surface area contributed by atoms with E-state index in [2.05, 4.69) is 69.1 Å². The molecule has 31 heavy (non-hydrogen) atoms. The van der Waals surface area contributed by atoms with E-state index in [1.54, 1.807) is 11.3 Å². The van der Waals surface area contributed by atoms with Crippen LogP contribution in [0, 0.1) is 0 Å². The van der Waals surface area contributed by atoms with Gasteiger partial charge in [-0.25, -0.2) is 0 Å². The molecule has 2 heterocycles. The molecule has 1 aromatic heterocycles. The van der Waals surface area contributed by atoms with E-state index in [1.807, 2.05) is 18.2 Å². The summed E-state index contributed by atoms with van der Waals surface area (Å²) in [7, 11) is 0. The van der Waals surface area contributed by atoms with Crippen LogP contribution in [0.2, 0.25) is 0 Å². The van der Waals surface area contributed by atoms with Gasteiger partial charge in [0.2, 0.25) is 5.91 Å². The van der Waals surface area contributed by atoms with Crippen LogP contribution in [0.1, 0.15) is 30.4 Å². The van der Waals surface area contributed by atoms with E-state index in [1.165, 1.54) is 11.1 Å². The maximum atomic E-state index is 13.2. The average molecular weight is 455 g/mol. The molecule has 3 aromatic rings. The van der Waals surface area contributed by atoms with Crippen molar-refractivity contribution >= 4 is 35.3 Å². The molecule has 0 bridgehead atoms. The summed E-state index contributed by atoms with van der Waals surface area (Å²) >= 11 is 1.70. The number of para-hydroxylation sites is 1. The summed E-state index contributed by atoms with van der Waals surface area (Å²) in [6.45, 7) is 3.20. The number of anilines is 1. The summed E-state index contributed by atoms with van der Waals surface area (Å²) < 4.78 is 0. The number of hydrogen-bond acceptors (Lipinski definition) is 3. The van der Waals surface area contributed by atoms with Crippen LogP contribution in [-0.4, -0.2) is 36.5 Å². The Morgan fingerprint density at radius 3 is 2.23 bits per heavy atom. The van der Waals surface area contributed by atoms with E-state index in [-0.39, 0.29) is 24.4 Å². The van der Waals surface area contributed by atoms with Gasteiger partial charge in [-0.1, -0.05) is 48.5 Å². The van der Waals surface area contributed by atoms with E-state index in [9.17, 15) is 4.79 Å². The maximum absolute atomic E-state index is 13.2. The van der Waals surface area contributed by atoms with Gasteiger partial charge in [0, 0.05) is 37.8 Å². The van der Waals surface area contributed by atoms with Crippen LogP contribution in [-0.2, 0) is 17.6 Å². The lowest BCUT2D eigenvalue weighted by Gasteiger charge is -2.38. The number of carbonyl (C=O) groups is 1. The predicted molar refractivity (Wildman–Crippen MR) is 133 cm³/mol. The zero-order chi connectivity index (χ0) is 20.6. The second-order valence-electron chi connectivity index (χ2n) is 8.04. The van der Waals surface area contributed by atoms with Gasteiger partial charge in [-0.2, -0.15) is 11.3 Å². The Hall–Kier alpha value is -2.14. The number of likely N-dealkylation sites (tertiary alicyclic amines) is 1. The van der Waals surface area contributed by atoms with Gasteiger partial charge in [0.1, 0.15) is 0 Å². The topological polar surface area (TPSA) is 23.6 Å². The number of hydrogen-bond donors (Lipinski definition) is 0. The summed E-state index contributed by atoms with van der Waals surface area (Å²) in [6, 6.07) is 23.3. The average Bonchev–Trinajstić information content (AvgIpc) is 3.33. The summed E-state index contributed by atoms with van der Waals surface area (Å²) in [4.78, 5) is 17.9. The van der Waals surface area contributed by atoms with Crippen molar-refractivity contribution in [3.8, 4) is 0 Å². The number of thiophene rings is 1. The third kappa shape index (κ3) is 6.67. The number of halogens is 1. The van der Waals surface area contributed by atoms with Gasteiger partial charge in [0.15, 0.2) is 0 Å². The van der Waals surface area contributed by atoms with E-state index in [0.717, 1.165) is 51.0 Å². The van der Waals surface area contributed by atoms with Crippen LogP contribution in [0.3, 0.4) is 0 Å². The zero-order valence-corrected chi connectivity index (χ0v) is 19.5. The molecule has 0 atom stereocenters. The van der Waals surface area contributed by atoms with Gasteiger partial charge >= 0.3 is 0 Å². The zero-order valence-electron chi connectivity index (χ0n) is 17.9. The Kier molecular flexibility index (Phi) is 9.13. The molecule has 1 aliphatic rings. The first-order chi connectivity index (χ1) is 14.8. The minimum Gasteiger partial charge on any atom is -0.309 e. The fraction of sp³-hybridized carbons (Fsp3) is 0.346. The minimum absolute atomic E-state index is 0. The third-order valence-electron chi connectivity index (χ3n) is 5.99. The molecule has 0 radical (unpaired) electrons. The number of aryl methyl sites for hydroxylation is 1. The molecule has 164 valence electrons. The lowest BCUT2D eigenvalue weighted by atomic mass is 10.0. The molecule has 0 N–H and O–H groups in total. The Bertz CT molecular complexity index is 894. The SMILES string of the molecule is Cl.O=C(CCc1ccsc1)N(c1ccccc1)C1CCN(CCc2ccccc2)CC1. The van der Waals surface area contributed by atoms with Crippen molar-refractivity contribution in [2.75, 3.05) is 24.5 Å². The second-order valence-corrected chi connectivity index (χ2v) is 8.82. The number of piperidine rings is 1. The number of nitrogens with zero attached hydrogens (tertiary/aromatic N) is 2. The van der Waals surface area contributed by atoms with E-state index < -0.39 is 0 Å². The first kappa shape index (κ1) is 23.5. The van der Waals surface area contributed by atoms with Crippen molar-refractivity contribution in [2.24, 2.45) is 0 Å². The highest BCUT2D eigenvalue weighted by atomic mass is 35.5. The standard InChI is InChI=1S/C26H30N2OS.ClH/c29-26(12-11-23-16-20-30-21-23)28(24-9-5-2-6-10-24)25-14-18-27(19-15-25)17-13-22-7-3-1-4-8-22;/h1-10,16,20-21,25H,11-15,17-19H2;1H. The highest BCUT2D eigenvalue weighted by Crippen LogP contribution is 2.25. The van der Waals surface area contributed by atoms with Crippen LogP contribution in [0.4, 0.5) is 5.69 Å². The Morgan fingerprint density at radius 1 is 0.903 bits per heavy atom. The monoisotopic (exact) mass is 454 g/mol. The van der Waals surface area contributed by atoms with Crippen molar-refractivity contribution < 1.29 is 4.79 Å². The smallest absolute Gasteiger partial charge is 0.227 e. The van der Waals surface area contributed by atoms with Gasteiger partial charge in [0.05, 0.1) is 0 Å². The normalized spacial score (nSPS) is 14.7. The van der Waals surface area contributed by atoms with Crippen molar-refractivity contribution in [3.63, 3.8) is 0 Å². The van der Waals surface area contributed by atoms with Gasteiger partial charge in [-0.15, -0.1) is 12.4 Å². The lowest BCUT2D eigenvalue weighted by molar-refractivity contribution is -0.119. The van der Waals surface area contributed by atoms with Crippen LogP contribution >= 0.6 is 23.7 Å². The number of carbonyl (C=O) groups excluding carboxylic acids is 1. The molecular formula is C26H31ClN2OS. The molecule has 1 fully saturated rings. The van der Waals surface area contributed by atoms with E-state index >= 15 is 0 Å². The fourth-order valence-corrected chi connectivity index (χ4v) is 4.99. The molecule has 3 nitrogen and oxygen atoms in total. The van der Waals surface area contributed by atoms with Gasteiger partial charge in [0.25, 0.3) is 0 Å². The lowest BCUT2D eigenvalue weighted by Crippen LogP contribution is -2.48. The van der Waals surface area contributed by atoms with Gasteiger partial charge < -0.3 is 9.80 Å². The number of amides is 1. The molecule has 0 aliphatic carbocycles. The molecule has 4 rings (SSSR count). The minimum atomic E-state index is 0. The quantitative estimate of drug-likeness (QED) is 0.426.